The largest absolute Gasteiger partial charge is 0.449 e. The number of hydrogen-bond donors (Lipinski definition) is 2. The van der Waals surface area contributed by atoms with Crippen molar-refractivity contribution >= 4 is 17.0 Å². The van der Waals surface area contributed by atoms with Crippen LogP contribution in [0.2, 0.25) is 0 Å². The van der Waals surface area contributed by atoms with Gasteiger partial charge in [0.05, 0.1) is 12.6 Å². The number of cyclic esters (lactones) is 1. The van der Waals surface area contributed by atoms with E-state index in [-0.39, 0.29) is 12.1 Å². The summed E-state index contributed by atoms with van der Waals surface area (Å²) in [7, 11) is 0. The third-order valence-electron chi connectivity index (χ3n) is 2.91. The van der Waals surface area contributed by atoms with Gasteiger partial charge in [0.25, 0.3) is 0 Å². The first-order valence-electron chi connectivity index (χ1n) is 5.33. The summed E-state index contributed by atoms with van der Waals surface area (Å²) in [6.45, 7) is 0.485. The number of amides is 1. The Morgan fingerprint density at radius 3 is 3.12 bits per heavy atom. The zero-order valence-electron chi connectivity index (χ0n) is 8.69. The molecule has 2 heterocycles. The van der Waals surface area contributed by atoms with E-state index in [1.807, 2.05) is 18.3 Å². The monoisotopic (exact) mass is 216 g/mol. The number of benzene rings is 1. The van der Waals surface area contributed by atoms with Crippen molar-refractivity contribution in [3.05, 3.63) is 36.0 Å². The van der Waals surface area contributed by atoms with E-state index in [0.29, 0.717) is 6.61 Å². The molecule has 16 heavy (non-hydrogen) atoms. The predicted octanol–water partition coefficient (Wildman–Crippen LogP) is 2.34. The smallest absolute Gasteiger partial charge is 0.407 e. The van der Waals surface area contributed by atoms with Crippen LogP contribution in [-0.4, -0.2) is 17.7 Å². The van der Waals surface area contributed by atoms with Gasteiger partial charge >= 0.3 is 6.09 Å². The van der Waals surface area contributed by atoms with Gasteiger partial charge in [-0.15, -0.1) is 0 Å². The molecule has 1 atom stereocenters. The van der Waals surface area contributed by atoms with E-state index in [1.54, 1.807) is 0 Å². The maximum Gasteiger partial charge on any atom is 0.407 e. The number of ether oxygens (including phenoxy) is 1. The summed E-state index contributed by atoms with van der Waals surface area (Å²) in [6, 6.07) is 8.27. The van der Waals surface area contributed by atoms with Crippen LogP contribution in [0.1, 0.15) is 18.0 Å². The summed E-state index contributed by atoms with van der Waals surface area (Å²) in [6.07, 6.45) is 2.40. The highest BCUT2D eigenvalue weighted by Crippen LogP contribution is 2.23. The van der Waals surface area contributed by atoms with Crippen LogP contribution in [-0.2, 0) is 4.74 Å². The molecule has 2 N–H and O–H groups in total. The fourth-order valence-corrected chi connectivity index (χ4v) is 2.06. The summed E-state index contributed by atoms with van der Waals surface area (Å²) in [4.78, 5) is 14.3. The van der Waals surface area contributed by atoms with Crippen molar-refractivity contribution in [3.63, 3.8) is 0 Å². The molecule has 1 aromatic heterocycles. The lowest BCUT2D eigenvalue weighted by atomic mass is 10.0. The van der Waals surface area contributed by atoms with Gasteiger partial charge in [-0.25, -0.2) is 4.79 Å². The second-order valence-electron chi connectivity index (χ2n) is 3.95. The maximum absolute atomic E-state index is 11.1. The number of alkyl carbamates (subject to hydrolysis) is 1. The van der Waals surface area contributed by atoms with Gasteiger partial charge in [-0.05, 0) is 23.1 Å². The number of aromatic amines is 1. The maximum atomic E-state index is 11.1. The fraction of sp³-hybridized carbons (Fsp3) is 0.250. The zero-order valence-corrected chi connectivity index (χ0v) is 8.69. The Hall–Kier alpha value is -1.97. The van der Waals surface area contributed by atoms with E-state index < -0.39 is 0 Å². The normalized spacial score (nSPS) is 20.5. The lowest BCUT2D eigenvalue weighted by Crippen LogP contribution is -2.35. The molecule has 0 spiro atoms. The minimum atomic E-state index is -0.331. The van der Waals surface area contributed by atoms with Gasteiger partial charge in [-0.1, -0.05) is 12.1 Å². The predicted molar refractivity (Wildman–Crippen MR) is 60.1 cm³/mol. The molecule has 1 aliphatic rings. The van der Waals surface area contributed by atoms with Crippen molar-refractivity contribution in [2.45, 2.75) is 12.5 Å². The van der Waals surface area contributed by atoms with Gasteiger partial charge < -0.3 is 15.0 Å². The number of carbonyl (C=O) groups excluding carboxylic acids is 1. The van der Waals surface area contributed by atoms with E-state index in [1.165, 1.54) is 5.39 Å². The highest BCUT2D eigenvalue weighted by molar-refractivity contribution is 5.80. The Kier molecular flexibility index (Phi) is 2.06. The molecule has 1 amide bonds. The van der Waals surface area contributed by atoms with Crippen molar-refractivity contribution in [3.8, 4) is 0 Å². The van der Waals surface area contributed by atoms with Crippen molar-refractivity contribution in [1.82, 2.24) is 10.3 Å². The summed E-state index contributed by atoms with van der Waals surface area (Å²) < 4.78 is 4.84. The van der Waals surface area contributed by atoms with E-state index in [2.05, 4.69) is 22.4 Å². The number of aromatic nitrogens is 1. The van der Waals surface area contributed by atoms with Gasteiger partial charge in [0.2, 0.25) is 0 Å². The molecule has 2 aromatic rings. The average molecular weight is 216 g/mol. The van der Waals surface area contributed by atoms with Gasteiger partial charge in [0, 0.05) is 18.1 Å². The van der Waals surface area contributed by atoms with Gasteiger partial charge in [0.15, 0.2) is 0 Å². The SMILES string of the molecule is O=C1N[C@@H](c2ccc3cc[nH]c3c2)CCO1. The van der Waals surface area contributed by atoms with Crippen molar-refractivity contribution < 1.29 is 9.53 Å². The number of hydrogen-bond acceptors (Lipinski definition) is 2. The highest BCUT2D eigenvalue weighted by Gasteiger charge is 2.20. The fourth-order valence-electron chi connectivity index (χ4n) is 2.06. The number of carbonyl (C=O) groups is 1. The number of fused-ring (bicyclic) bond motifs is 1. The third-order valence-corrected chi connectivity index (χ3v) is 2.91. The number of nitrogens with one attached hydrogen (secondary N) is 2. The van der Waals surface area contributed by atoms with Crippen LogP contribution in [0.15, 0.2) is 30.5 Å². The minimum Gasteiger partial charge on any atom is -0.449 e. The second kappa shape index (κ2) is 3.56. The molecular weight excluding hydrogens is 204 g/mol. The molecule has 0 saturated carbocycles. The lowest BCUT2D eigenvalue weighted by Gasteiger charge is -2.23. The van der Waals surface area contributed by atoms with Crippen LogP contribution in [0.3, 0.4) is 0 Å². The molecular formula is C12H12N2O2. The first kappa shape index (κ1) is 9.27. The average Bonchev–Trinajstić information content (AvgIpc) is 2.75. The molecule has 0 bridgehead atoms. The van der Waals surface area contributed by atoms with E-state index in [0.717, 1.165) is 17.5 Å². The third kappa shape index (κ3) is 1.52. The first-order chi connectivity index (χ1) is 7.83. The summed E-state index contributed by atoms with van der Waals surface area (Å²) in [5.41, 5.74) is 2.21. The number of H-pyrrole nitrogens is 1. The van der Waals surface area contributed by atoms with E-state index >= 15 is 0 Å². The topological polar surface area (TPSA) is 54.1 Å². The Labute approximate surface area is 92.6 Å². The molecule has 0 unspecified atom stereocenters. The minimum absolute atomic E-state index is 0.0638. The highest BCUT2D eigenvalue weighted by atomic mass is 16.5. The van der Waals surface area contributed by atoms with Crippen molar-refractivity contribution in [1.29, 1.82) is 0 Å². The molecule has 0 aliphatic carbocycles. The molecule has 4 heteroatoms. The standard InChI is InChI=1S/C12H12N2O2/c15-12-14-10(4-6-16-12)9-2-1-8-3-5-13-11(8)7-9/h1-3,5,7,10,13H,4,6H2,(H,14,15)/t10-/m1/s1. The van der Waals surface area contributed by atoms with Gasteiger partial charge in [0.1, 0.15) is 0 Å². The molecule has 1 saturated heterocycles. The quantitative estimate of drug-likeness (QED) is 0.768. The van der Waals surface area contributed by atoms with Crippen LogP contribution in [0, 0.1) is 0 Å². The molecule has 3 rings (SSSR count). The number of rotatable bonds is 1. The van der Waals surface area contributed by atoms with Crippen molar-refractivity contribution in [2.24, 2.45) is 0 Å². The van der Waals surface area contributed by atoms with Gasteiger partial charge in [-0.3, -0.25) is 0 Å². The van der Waals surface area contributed by atoms with Gasteiger partial charge in [-0.2, -0.15) is 0 Å². The van der Waals surface area contributed by atoms with E-state index in [4.69, 9.17) is 4.74 Å². The van der Waals surface area contributed by atoms with Crippen molar-refractivity contribution in [2.75, 3.05) is 6.61 Å². The summed E-state index contributed by atoms with van der Waals surface area (Å²) in [5, 5.41) is 4.00. The second-order valence-corrected chi connectivity index (χ2v) is 3.95. The Morgan fingerprint density at radius 1 is 1.31 bits per heavy atom. The first-order valence-corrected chi connectivity index (χ1v) is 5.33. The molecule has 1 aromatic carbocycles. The van der Waals surface area contributed by atoms with Crippen LogP contribution in [0.4, 0.5) is 4.79 Å². The zero-order chi connectivity index (χ0) is 11.0. The van der Waals surface area contributed by atoms with Crippen LogP contribution in [0.5, 0.6) is 0 Å². The molecule has 4 nitrogen and oxygen atoms in total. The van der Waals surface area contributed by atoms with Crippen LogP contribution >= 0.6 is 0 Å². The summed E-state index contributed by atoms with van der Waals surface area (Å²) in [5.74, 6) is 0. The van der Waals surface area contributed by atoms with E-state index in [9.17, 15) is 4.79 Å². The lowest BCUT2D eigenvalue weighted by molar-refractivity contribution is 0.115. The van der Waals surface area contributed by atoms with Crippen LogP contribution < -0.4 is 5.32 Å². The molecule has 82 valence electrons. The molecule has 1 aliphatic heterocycles. The molecule has 1 fully saturated rings. The Morgan fingerprint density at radius 2 is 2.25 bits per heavy atom. The summed E-state index contributed by atoms with van der Waals surface area (Å²) >= 11 is 0. The molecule has 0 radical (unpaired) electrons. The Balaban J connectivity index is 1.95. The van der Waals surface area contributed by atoms with Crippen LogP contribution in [0.25, 0.3) is 10.9 Å². The Bertz CT molecular complexity index is 533.